The Kier molecular flexibility index (Phi) is 7.50. The Bertz CT molecular complexity index is 1510. The van der Waals surface area contributed by atoms with E-state index in [0.717, 1.165) is 12.5 Å². The Labute approximate surface area is 222 Å². The van der Waals surface area contributed by atoms with Crippen molar-refractivity contribution in [1.82, 2.24) is 0 Å². The summed E-state index contributed by atoms with van der Waals surface area (Å²) in [5.41, 5.74) is 1.54. The molecule has 0 aromatic heterocycles. The second-order valence-electron chi connectivity index (χ2n) is 9.28. The summed E-state index contributed by atoms with van der Waals surface area (Å²) in [5, 5.41) is 10.1. The predicted molar refractivity (Wildman–Crippen MR) is 137 cm³/mol. The Morgan fingerprint density at radius 3 is 2.00 bits per heavy atom. The van der Waals surface area contributed by atoms with Gasteiger partial charge in [-0.1, -0.05) is 61.9 Å². The fraction of sp³-hybridized carbons (Fsp3) is 0.194. The molecular weight excluding hydrogens is 512 g/mol. The molecule has 0 saturated carbocycles. The van der Waals surface area contributed by atoms with E-state index >= 15 is 0 Å². The van der Waals surface area contributed by atoms with Crippen LogP contribution >= 0.6 is 0 Å². The third-order valence-electron chi connectivity index (χ3n) is 6.64. The van der Waals surface area contributed by atoms with Crippen LogP contribution in [0.2, 0.25) is 0 Å². The van der Waals surface area contributed by atoms with Crippen LogP contribution in [0.3, 0.4) is 0 Å². The summed E-state index contributed by atoms with van der Waals surface area (Å²) < 4.78 is 68.8. The van der Waals surface area contributed by atoms with Gasteiger partial charge in [0.2, 0.25) is 5.82 Å². The number of benzene rings is 4. The van der Waals surface area contributed by atoms with Gasteiger partial charge in [-0.2, -0.15) is 4.39 Å². The van der Waals surface area contributed by atoms with Crippen molar-refractivity contribution < 1.29 is 36.9 Å². The highest BCUT2D eigenvalue weighted by Crippen LogP contribution is 2.36. The van der Waals surface area contributed by atoms with Gasteiger partial charge < -0.3 is 14.6 Å². The van der Waals surface area contributed by atoms with Crippen LogP contribution in [-0.2, 0) is 4.74 Å². The Hall–Kier alpha value is -4.01. The van der Waals surface area contributed by atoms with E-state index in [2.05, 4.69) is 0 Å². The maximum absolute atomic E-state index is 14.9. The number of aliphatic hydroxyl groups excluding tert-OH is 1. The van der Waals surface area contributed by atoms with E-state index in [1.165, 1.54) is 42.5 Å². The Balaban J connectivity index is 1.31. The second-order valence-corrected chi connectivity index (χ2v) is 9.28. The van der Waals surface area contributed by atoms with Gasteiger partial charge in [0, 0.05) is 16.7 Å². The molecule has 0 radical (unpaired) electrons. The van der Waals surface area contributed by atoms with Crippen LogP contribution in [-0.4, -0.2) is 17.7 Å². The first-order valence-electron chi connectivity index (χ1n) is 12.5. The summed E-state index contributed by atoms with van der Waals surface area (Å²) in [5.74, 6) is -6.06. The smallest absolute Gasteiger partial charge is 0.343 e. The third-order valence-corrected chi connectivity index (χ3v) is 6.64. The van der Waals surface area contributed by atoms with Crippen molar-refractivity contribution in [2.45, 2.75) is 32.0 Å². The number of halogens is 4. The van der Waals surface area contributed by atoms with Crippen LogP contribution in [0, 0.1) is 23.3 Å². The number of carbonyl (C=O) groups excluding carboxylic acids is 1. The molecule has 200 valence electrons. The molecule has 1 N–H and O–H groups in total. The molecule has 2 atom stereocenters. The molecule has 0 spiro atoms. The molecule has 1 fully saturated rings. The van der Waals surface area contributed by atoms with Gasteiger partial charge in [0.05, 0.1) is 18.3 Å². The van der Waals surface area contributed by atoms with E-state index in [1.807, 2.05) is 6.92 Å². The van der Waals surface area contributed by atoms with Crippen LogP contribution in [0.5, 0.6) is 5.75 Å². The number of carbonyl (C=O) groups is 1. The molecule has 4 nitrogen and oxygen atoms in total. The van der Waals surface area contributed by atoms with E-state index in [4.69, 9.17) is 9.47 Å². The zero-order valence-electron chi connectivity index (χ0n) is 20.9. The van der Waals surface area contributed by atoms with Gasteiger partial charge in [0.25, 0.3) is 0 Å². The quantitative estimate of drug-likeness (QED) is 0.109. The zero-order valence-corrected chi connectivity index (χ0v) is 20.9. The molecule has 4 aromatic carbocycles. The molecule has 8 heteroatoms. The summed E-state index contributed by atoms with van der Waals surface area (Å²) in [4.78, 5) is 12.6. The number of rotatable bonds is 8. The monoisotopic (exact) mass is 536 g/mol. The van der Waals surface area contributed by atoms with E-state index in [9.17, 15) is 27.5 Å². The molecule has 1 heterocycles. The first-order chi connectivity index (χ1) is 18.8. The summed E-state index contributed by atoms with van der Waals surface area (Å²) in [7, 11) is 0. The minimum Gasteiger partial charge on any atom is -0.420 e. The lowest BCUT2D eigenvalue weighted by atomic mass is 9.99. The van der Waals surface area contributed by atoms with Crippen molar-refractivity contribution in [3.63, 3.8) is 0 Å². The summed E-state index contributed by atoms with van der Waals surface area (Å²) in [6.07, 6.45) is 0.319. The van der Waals surface area contributed by atoms with E-state index < -0.39 is 47.2 Å². The van der Waals surface area contributed by atoms with Crippen molar-refractivity contribution in [3.05, 3.63) is 113 Å². The van der Waals surface area contributed by atoms with Crippen LogP contribution in [0.25, 0.3) is 22.3 Å². The molecule has 0 amide bonds. The lowest BCUT2D eigenvalue weighted by molar-refractivity contribution is 0.0726. The standard InChI is InChI=1S/C31H24F4O4/c1-2-3-24(36)19-8-4-17(5-9-19)22-14-15-25(30(35)28(22)33)39-31(37)20-10-6-18(7-11-20)21-12-13-23(26-16-38-26)29(34)27(21)32/h4-15,24,26,36H,2-3,16H2,1H3. The lowest BCUT2D eigenvalue weighted by Crippen LogP contribution is -2.10. The molecule has 2 unspecified atom stereocenters. The molecule has 1 saturated heterocycles. The van der Waals surface area contributed by atoms with Crippen molar-refractivity contribution in [1.29, 1.82) is 0 Å². The van der Waals surface area contributed by atoms with Gasteiger partial charge in [-0.05, 0) is 47.4 Å². The minimum atomic E-state index is -1.33. The van der Waals surface area contributed by atoms with Gasteiger partial charge in [0.15, 0.2) is 23.2 Å². The first kappa shape index (κ1) is 26.6. The van der Waals surface area contributed by atoms with Gasteiger partial charge in [0.1, 0.15) is 6.10 Å². The molecule has 5 rings (SSSR count). The van der Waals surface area contributed by atoms with Crippen molar-refractivity contribution in [3.8, 4) is 28.0 Å². The number of hydrogen-bond acceptors (Lipinski definition) is 4. The zero-order chi connectivity index (χ0) is 27.7. The van der Waals surface area contributed by atoms with Crippen molar-refractivity contribution in [2.24, 2.45) is 0 Å². The van der Waals surface area contributed by atoms with E-state index in [0.29, 0.717) is 29.7 Å². The van der Waals surface area contributed by atoms with Gasteiger partial charge in [-0.25, -0.2) is 18.0 Å². The summed E-state index contributed by atoms with van der Waals surface area (Å²) >= 11 is 0. The fourth-order valence-electron chi connectivity index (χ4n) is 4.37. The van der Waals surface area contributed by atoms with Crippen LogP contribution in [0.4, 0.5) is 17.6 Å². The lowest BCUT2D eigenvalue weighted by Gasteiger charge is -2.12. The number of ether oxygens (including phenoxy) is 2. The van der Waals surface area contributed by atoms with Gasteiger partial charge in [-0.15, -0.1) is 0 Å². The largest absolute Gasteiger partial charge is 0.420 e. The molecule has 39 heavy (non-hydrogen) atoms. The molecule has 1 aliphatic rings. The van der Waals surface area contributed by atoms with Gasteiger partial charge >= 0.3 is 5.97 Å². The molecule has 1 aliphatic heterocycles. The molecule has 0 bridgehead atoms. The van der Waals surface area contributed by atoms with Gasteiger partial charge in [-0.3, -0.25) is 0 Å². The average molecular weight is 537 g/mol. The third kappa shape index (κ3) is 5.44. The SMILES string of the molecule is CCCC(O)c1ccc(-c2ccc(OC(=O)c3ccc(-c4ccc(C5CO5)c(F)c4F)cc3)c(F)c2F)cc1. The summed E-state index contributed by atoms with van der Waals surface area (Å²) in [6.45, 7) is 2.30. The topological polar surface area (TPSA) is 59.1 Å². The van der Waals surface area contributed by atoms with E-state index in [-0.39, 0.29) is 22.3 Å². The average Bonchev–Trinajstić information content (AvgIpc) is 3.79. The molecular formula is C31H24F4O4. The minimum absolute atomic E-state index is 0.00717. The summed E-state index contributed by atoms with van der Waals surface area (Å²) in [6, 6.07) is 17.3. The molecule has 4 aromatic rings. The maximum Gasteiger partial charge on any atom is 0.343 e. The highest BCUT2D eigenvalue weighted by molar-refractivity contribution is 5.91. The Morgan fingerprint density at radius 1 is 0.846 bits per heavy atom. The number of esters is 1. The van der Waals surface area contributed by atoms with E-state index in [1.54, 1.807) is 24.3 Å². The Morgan fingerprint density at radius 2 is 1.41 bits per heavy atom. The van der Waals surface area contributed by atoms with Crippen molar-refractivity contribution >= 4 is 5.97 Å². The van der Waals surface area contributed by atoms with Crippen LogP contribution < -0.4 is 4.74 Å². The van der Waals surface area contributed by atoms with Crippen LogP contribution in [0.1, 0.15) is 53.5 Å². The molecule has 0 aliphatic carbocycles. The first-order valence-corrected chi connectivity index (χ1v) is 12.5. The number of hydrogen-bond donors (Lipinski definition) is 1. The highest BCUT2D eigenvalue weighted by atomic mass is 19.2. The predicted octanol–water partition coefficient (Wildman–Crippen LogP) is 7.70. The number of aliphatic hydroxyl groups is 1. The van der Waals surface area contributed by atoms with Crippen molar-refractivity contribution in [2.75, 3.05) is 6.61 Å². The second kappa shape index (κ2) is 11.0. The number of epoxide rings is 1. The fourth-order valence-corrected chi connectivity index (χ4v) is 4.37. The highest BCUT2D eigenvalue weighted by Gasteiger charge is 2.30. The normalized spacial score (nSPS) is 15.2. The maximum atomic E-state index is 14.9. The van der Waals surface area contributed by atoms with Crippen LogP contribution in [0.15, 0.2) is 72.8 Å².